The van der Waals surface area contributed by atoms with E-state index < -0.39 is 29.8 Å². The molecule has 1 aliphatic carbocycles. The maximum absolute atomic E-state index is 12.7. The minimum Gasteiger partial charge on any atom is -0.498 e. The molecule has 1 aliphatic rings. The van der Waals surface area contributed by atoms with Crippen LogP contribution in [0.25, 0.3) is 0 Å². The molecule has 0 unspecified atom stereocenters. The maximum atomic E-state index is 12.7. The zero-order valence-corrected chi connectivity index (χ0v) is 29.1. The van der Waals surface area contributed by atoms with Crippen molar-refractivity contribution >= 4 is 29.8 Å². The van der Waals surface area contributed by atoms with E-state index >= 15 is 0 Å². The molecule has 4 rings (SSSR count). The molecule has 0 bridgehead atoms. The molecule has 12 nitrogen and oxygen atoms in total. The molecule has 276 valence electrons. The molecule has 3 aromatic carbocycles. The van der Waals surface area contributed by atoms with Gasteiger partial charge in [-0.25, -0.2) is 24.0 Å². The minimum atomic E-state index is -0.630. The van der Waals surface area contributed by atoms with Crippen molar-refractivity contribution in [1.29, 1.82) is 0 Å². The van der Waals surface area contributed by atoms with Crippen molar-refractivity contribution in [2.24, 2.45) is 0 Å². The highest BCUT2D eigenvalue weighted by atomic mass is 16.6. The average Bonchev–Trinajstić information content (AvgIpc) is 3.18. The zero-order chi connectivity index (χ0) is 37.8. The maximum Gasteiger partial charge on any atom is 0.343 e. The Balaban J connectivity index is 1.16. The molecule has 3 aromatic rings. The molecule has 0 aliphatic heterocycles. The summed E-state index contributed by atoms with van der Waals surface area (Å²) < 4.78 is 37.6. The molecule has 0 heterocycles. The van der Waals surface area contributed by atoms with E-state index in [1.165, 1.54) is 48.5 Å². The van der Waals surface area contributed by atoms with Crippen LogP contribution in [0.1, 0.15) is 59.2 Å². The van der Waals surface area contributed by atoms with Crippen molar-refractivity contribution in [2.45, 2.75) is 38.5 Å². The molecular weight excluding hydrogens is 684 g/mol. The summed E-state index contributed by atoms with van der Waals surface area (Å²) in [6.07, 6.45) is 9.37. The standard InChI is InChI=1S/C41H40O12/c1-3-37(42)49-27-7-5-25-47-32-15-9-29(10-16-32)39(44)51-34-19-13-31(14-20-34)41(46)53-36-23-21-35(22-24-36)52-40(45)30-11-17-33(18-12-30)48-26-6-8-28-50-38(43)4-2/h3-4,9-11,13-17,19-24H,1-2,5-8,12,18,25-28H2. The number of hydrogen-bond acceptors (Lipinski definition) is 12. The molecule has 0 saturated heterocycles. The Labute approximate surface area is 307 Å². The normalized spacial score (nSPS) is 11.8. The van der Waals surface area contributed by atoms with E-state index in [1.54, 1.807) is 36.4 Å². The van der Waals surface area contributed by atoms with Gasteiger partial charge in [0, 0.05) is 24.1 Å². The number of carbonyl (C=O) groups excluding carboxylic acids is 5. The van der Waals surface area contributed by atoms with Gasteiger partial charge in [0.2, 0.25) is 0 Å². The predicted octanol–water partition coefficient (Wildman–Crippen LogP) is 7.05. The molecule has 0 saturated carbocycles. The number of benzene rings is 3. The van der Waals surface area contributed by atoms with Gasteiger partial charge in [-0.15, -0.1) is 0 Å². The summed E-state index contributed by atoms with van der Waals surface area (Å²) in [6, 6.07) is 18.5. The molecule has 0 atom stereocenters. The molecule has 0 N–H and O–H groups in total. The Morgan fingerprint density at radius 1 is 0.491 bits per heavy atom. The fraction of sp³-hybridized carbons (Fsp3) is 0.244. The van der Waals surface area contributed by atoms with Crippen molar-refractivity contribution in [1.82, 2.24) is 0 Å². The number of rotatable bonds is 20. The first-order valence-electron chi connectivity index (χ1n) is 16.9. The Bertz CT molecular complexity index is 1800. The lowest BCUT2D eigenvalue weighted by Gasteiger charge is -2.15. The number of allylic oxidation sites excluding steroid dienone is 3. The highest BCUT2D eigenvalue weighted by Gasteiger charge is 2.17. The molecule has 12 heteroatoms. The third-order valence-corrected chi connectivity index (χ3v) is 7.46. The lowest BCUT2D eigenvalue weighted by molar-refractivity contribution is -0.138. The Morgan fingerprint density at radius 2 is 0.906 bits per heavy atom. The van der Waals surface area contributed by atoms with Gasteiger partial charge in [0.25, 0.3) is 0 Å². The summed E-state index contributed by atoms with van der Waals surface area (Å²) in [5.41, 5.74) is 1.04. The molecule has 0 spiro atoms. The first-order valence-corrected chi connectivity index (χ1v) is 16.9. The van der Waals surface area contributed by atoms with E-state index in [1.807, 2.05) is 0 Å². The van der Waals surface area contributed by atoms with Crippen molar-refractivity contribution in [3.8, 4) is 23.0 Å². The van der Waals surface area contributed by atoms with Crippen molar-refractivity contribution in [3.05, 3.63) is 133 Å². The Kier molecular flexibility index (Phi) is 15.6. The number of unbranched alkanes of at least 4 members (excludes halogenated alkanes) is 2. The smallest absolute Gasteiger partial charge is 0.343 e. The lowest BCUT2D eigenvalue weighted by Crippen LogP contribution is -2.14. The third-order valence-electron chi connectivity index (χ3n) is 7.46. The number of esters is 5. The van der Waals surface area contributed by atoms with Crippen LogP contribution in [0, 0.1) is 0 Å². The van der Waals surface area contributed by atoms with Crippen LogP contribution in [0.15, 0.2) is 122 Å². The monoisotopic (exact) mass is 724 g/mol. The Hall–Kier alpha value is -6.43. The summed E-state index contributed by atoms with van der Waals surface area (Å²) in [6.45, 7) is 8.17. The second-order valence-corrected chi connectivity index (χ2v) is 11.4. The molecule has 0 amide bonds. The number of hydrogen-bond donors (Lipinski definition) is 0. The quantitative estimate of drug-likeness (QED) is 0.0509. The van der Waals surface area contributed by atoms with E-state index in [0.717, 1.165) is 17.9 Å². The SMILES string of the molecule is C=CC(=O)OCCCCOC1=CC=C(C(=O)Oc2ccc(OC(=O)c3ccc(OC(=O)c4ccc(OCCCCOC(=O)C=C)cc4)cc3)cc2)CC1. The van der Waals surface area contributed by atoms with Crippen molar-refractivity contribution in [2.75, 3.05) is 26.4 Å². The van der Waals surface area contributed by atoms with Gasteiger partial charge in [0.05, 0.1) is 43.3 Å². The van der Waals surface area contributed by atoms with Gasteiger partial charge in [0.15, 0.2) is 0 Å². The number of carbonyl (C=O) groups is 5. The molecule has 0 radical (unpaired) electrons. The van der Waals surface area contributed by atoms with Crippen molar-refractivity contribution in [3.63, 3.8) is 0 Å². The van der Waals surface area contributed by atoms with Gasteiger partial charge in [0.1, 0.15) is 23.0 Å². The summed E-state index contributed by atoms with van der Waals surface area (Å²) in [5, 5.41) is 0. The van der Waals surface area contributed by atoms with E-state index in [0.29, 0.717) is 75.2 Å². The van der Waals surface area contributed by atoms with Crippen LogP contribution in [0.2, 0.25) is 0 Å². The van der Waals surface area contributed by atoms with E-state index in [-0.39, 0.29) is 29.4 Å². The van der Waals surface area contributed by atoms with Crippen LogP contribution < -0.4 is 18.9 Å². The Morgan fingerprint density at radius 3 is 1.36 bits per heavy atom. The van der Waals surface area contributed by atoms with Crippen LogP contribution in [0.3, 0.4) is 0 Å². The summed E-state index contributed by atoms with van der Waals surface area (Å²) >= 11 is 0. The molecule has 0 aromatic heterocycles. The summed E-state index contributed by atoms with van der Waals surface area (Å²) in [4.78, 5) is 60.1. The van der Waals surface area contributed by atoms with E-state index in [2.05, 4.69) is 13.2 Å². The summed E-state index contributed by atoms with van der Waals surface area (Å²) in [7, 11) is 0. The van der Waals surface area contributed by atoms with Gasteiger partial charge < -0.3 is 33.2 Å². The fourth-order valence-electron chi connectivity index (χ4n) is 4.60. The molecule has 0 fully saturated rings. The van der Waals surface area contributed by atoms with Gasteiger partial charge >= 0.3 is 29.8 Å². The average molecular weight is 725 g/mol. The van der Waals surface area contributed by atoms with Crippen LogP contribution in [-0.2, 0) is 28.6 Å². The third kappa shape index (κ3) is 13.7. The largest absolute Gasteiger partial charge is 0.498 e. The first-order chi connectivity index (χ1) is 25.7. The summed E-state index contributed by atoms with van der Waals surface area (Å²) in [5.74, 6) is -0.505. The van der Waals surface area contributed by atoms with Crippen LogP contribution in [0.5, 0.6) is 23.0 Å². The van der Waals surface area contributed by atoms with E-state index in [4.69, 9.17) is 33.2 Å². The minimum absolute atomic E-state index is 0.232. The van der Waals surface area contributed by atoms with Gasteiger partial charge in [-0.05, 0) is 117 Å². The van der Waals surface area contributed by atoms with Crippen LogP contribution in [0.4, 0.5) is 0 Å². The number of ether oxygens (including phenoxy) is 7. The van der Waals surface area contributed by atoms with Gasteiger partial charge in [-0.2, -0.15) is 0 Å². The highest BCUT2D eigenvalue weighted by molar-refractivity contribution is 5.93. The second-order valence-electron chi connectivity index (χ2n) is 11.4. The van der Waals surface area contributed by atoms with Crippen LogP contribution in [-0.4, -0.2) is 56.3 Å². The van der Waals surface area contributed by atoms with Gasteiger partial charge in [-0.1, -0.05) is 13.2 Å². The van der Waals surface area contributed by atoms with Gasteiger partial charge in [-0.3, -0.25) is 0 Å². The zero-order valence-electron chi connectivity index (χ0n) is 29.1. The predicted molar refractivity (Wildman–Crippen MR) is 193 cm³/mol. The lowest BCUT2D eigenvalue weighted by atomic mass is 10.0. The van der Waals surface area contributed by atoms with Crippen molar-refractivity contribution < 1.29 is 57.1 Å². The highest BCUT2D eigenvalue weighted by Crippen LogP contribution is 2.24. The topological polar surface area (TPSA) is 150 Å². The molecular formula is C41H40O12. The first kappa shape index (κ1) is 39.4. The molecule has 53 heavy (non-hydrogen) atoms. The second kappa shape index (κ2) is 21.1. The van der Waals surface area contributed by atoms with E-state index in [9.17, 15) is 24.0 Å². The fourth-order valence-corrected chi connectivity index (χ4v) is 4.60. The van der Waals surface area contributed by atoms with Crippen LogP contribution >= 0.6 is 0 Å².